The van der Waals surface area contributed by atoms with Crippen LogP contribution in [-0.4, -0.2) is 47.2 Å². The molecule has 4 rings (SSSR count). The highest BCUT2D eigenvalue weighted by Crippen LogP contribution is 2.28. The molecular weight excluding hydrogens is 370 g/mol. The average Bonchev–Trinajstić information content (AvgIpc) is 3.24. The highest BCUT2D eigenvalue weighted by Gasteiger charge is 2.24. The Kier molecular flexibility index (Phi) is 4.11. The standard InChI is InChI=1S/C17H15N5O4S/c1-8-11-14(23)20-13(21-16(11)27-12(8)15(24)18-2)9-3-4-10(19-7-9)22-5-6-26-17(22)25/h3-4,7H,5-6H2,1-2H3,(H,18,24)(H,20,21,23). The molecule has 1 aliphatic heterocycles. The Bertz CT molecular complexity index is 1120. The second-order valence-corrected chi connectivity index (χ2v) is 6.90. The molecule has 2 amide bonds. The molecule has 0 unspecified atom stereocenters. The van der Waals surface area contributed by atoms with Gasteiger partial charge in [0, 0.05) is 18.8 Å². The Morgan fingerprint density at radius 2 is 2.19 bits per heavy atom. The van der Waals surface area contributed by atoms with E-state index in [-0.39, 0.29) is 11.5 Å². The number of pyridine rings is 1. The monoisotopic (exact) mass is 385 g/mol. The van der Waals surface area contributed by atoms with Gasteiger partial charge >= 0.3 is 6.09 Å². The van der Waals surface area contributed by atoms with Gasteiger partial charge in [-0.05, 0) is 24.6 Å². The summed E-state index contributed by atoms with van der Waals surface area (Å²) in [6, 6.07) is 3.39. The van der Waals surface area contributed by atoms with Gasteiger partial charge in [-0.2, -0.15) is 0 Å². The zero-order valence-electron chi connectivity index (χ0n) is 14.5. The van der Waals surface area contributed by atoms with Crippen molar-refractivity contribution >= 4 is 39.4 Å². The molecule has 0 aliphatic carbocycles. The summed E-state index contributed by atoms with van der Waals surface area (Å²) in [4.78, 5) is 50.0. The summed E-state index contributed by atoms with van der Waals surface area (Å²) >= 11 is 1.17. The molecule has 0 aromatic carbocycles. The van der Waals surface area contributed by atoms with Crippen molar-refractivity contribution in [3.05, 3.63) is 39.1 Å². The molecule has 0 spiro atoms. The van der Waals surface area contributed by atoms with E-state index in [2.05, 4.69) is 20.3 Å². The maximum atomic E-state index is 12.5. The van der Waals surface area contributed by atoms with E-state index in [1.165, 1.54) is 22.4 Å². The largest absolute Gasteiger partial charge is 0.447 e. The van der Waals surface area contributed by atoms with Gasteiger partial charge in [-0.15, -0.1) is 11.3 Å². The van der Waals surface area contributed by atoms with Crippen molar-refractivity contribution in [1.82, 2.24) is 20.3 Å². The second kappa shape index (κ2) is 6.47. The smallest absolute Gasteiger partial charge is 0.415 e. The molecule has 0 atom stereocenters. The maximum absolute atomic E-state index is 12.5. The molecule has 3 aromatic rings. The number of aromatic amines is 1. The summed E-state index contributed by atoms with van der Waals surface area (Å²) < 4.78 is 4.90. The molecule has 2 N–H and O–H groups in total. The Balaban J connectivity index is 1.75. The minimum atomic E-state index is -0.431. The van der Waals surface area contributed by atoms with Gasteiger partial charge in [-0.3, -0.25) is 14.5 Å². The first-order chi connectivity index (χ1) is 13.0. The lowest BCUT2D eigenvalue weighted by molar-refractivity contribution is 0.0966. The number of hydrogen-bond donors (Lipinski definition) is 2. The van der Waals surface area contributed by atoms with Crippen molar-refractivity contribution in [3.8, 4) is 11.4 Å². The number of rotatable bonds is 3. The van der Waals surface area contributed by atoms with Crippen LogP contribution in [0.2, 0.25) is 0 Å². The van der Waals surface area contributed by atoms with Crippen molar-refractivity contribution < 1.29 is 14.3 Å². The molecule has 1 saturated heterocycles. The summed E-state index contributed by atoms with van der Waals surface area (Å²) in [5.41, 5.74) is 0.889. The molecule has 1 aliphatic rings. The molecule has 4 heterocycles. The van der Waals surface area contributed by atoms with Gasteiger partial charge in [-0.25, -0.2) is 14.8 Å². The van der Waals surface area contributed by atoms with Crippen LogP contribution in [0, 0.1) is 6.92 Å². The lowest BCUT2D eigenvalue weighted by Gasteiger charge is -2.11. The fraction of sp³-hybridized carbons (Fsp3) is 0.235. The first kappa shape index (κ1) is 17.2. The Hall–Kier alpha value is -3.27. The predicted octanol–water partition coefficient (Wildman–Crippen LogP) is 1.67. The molecular formula is C17H15N5O4S. The third kappa shape index (κ3) is 2.83. The van der Waals surface area contributed by atoms with Crippen LogP contribution in [0.5, 0.6) is 0 Å². The van der Waals surface area contributed by atoms with Crippen molar-refractivity contribution in [3.63, 3.8) is 0 Å². The normalized spacial score (nSPS) is 13.9. The molecule has 0 bridgehead atoms. The van der Waals surface area contributed by atoms with E-state index in [0.717, 1.165) is 0 Å². The van der Waals surface area contributed by atoms with Gasteiger partial charge < -0.3 is 15.0 Å². The quantitative estimate of drug-likeness (QED) is 0.708. The van der Waals surface area contributed by atoms with Crippen molar-refractivity contribution in [2.75, 3.05) is 25.1 Å². The number of amides is 2. The molecule has 10 heteroatoms. The molecule has 1 fully saturated rings. The third-order valence-corrected chi connectivity index (χ3v) is 5.48. The minimum absolute atomic E-state index is 0.250. The Morgan fingerprint density at radius 3 is 2.81 bits per heavy atom. The van der Waals surface area contributed by atoms with Crippen molar-refractivity contribution in [2.24, 2.45) is 0 Å². The second-order valence-electron chi connectivity index (χ2n) is 5.90. The van der Waals surface area contributed by atoms with Crippen LogP contribution >= 0.6 is 11.3 Å². The SMILES string of the molecule is CNC(=O)c1sc2nc(-c3ccc(N4CCOC4=O)nc3)[nH]c(=O)c2c1C. The number of aromatic nitrogens is 3. The molecule has 0 saturated carbocycles. The van der Waals surface area contributed by atoms with Crippen LogP contribution in [0.4, 0.5) is 10.6 Å². The van der Waals surface area contributed by atoms with Crippen LogP contribution in [0.25, 0.3) is 21.6 Å². The first-order valence-electron chi connectivity index (χ1n) is 8.16. The fourth-order valence-corrected chi connectivity index (χ4v) is 4.03. The van der Waals surface area contributed by atoms with E-state index in [4.69, 9.17) is 4.74 Å². The number of thiophene rings is 1. The number of carbonyl (C=O) groups is 2. The number of cyclic esters (lactones) is 1. The zero-order valence-corrected chi connectivity index (χ0v) is 15.3. The number of nitrogens with zero attached hydrogens (tertiary/aromatic N) is 3. The number of anilines is 1. The lowest BCUT2D eigenvalue weighted by Crippen LogP contribution is -2.24. The molecule has 138 valence electrons. The molecule has 3 aromatic heterocycles. The van der Waals surface area contributed by atoms with Crippen molar-refractivity contribution in [2.45, 2.75) is 6.92 Å². The highest BCUT2D eigenvalue weighted by atomic mass is 32.1. The van der Waals surface area contributed by atoms with Crippen LogP contribution in [-0.2, 0) is 4.74 Å². The van der Waals surface area contributed by atoms with Gasteiger partial charge in [-0.1, -0.05) is 0 Å². The van der Waals surface area contributed by atoms with Crippen LogP contribution in [0.1, 0.15) is 15.2 Å². The van der Waals surface area contributed by atoms with E-state index in [1.54, 1.807) is 26.1 Å². The van der Waals surface area contributed by atoms with Crippen LogP contribution in [0.15, 0.2) is 23.1 Å². The van der Waals surface area contributed by atoms with Gasteiger partial charge in [0.2, 0.25) is 0 Å². The highest BCUT2D eigenvalue weighted by molar-refractivity contribution is 7.20. The van der Waals surface area contributed by atoms with E-state index in [9.17, 15) is 14.4 Å². The number of hydrogen-bond acceptors (Lipinski definition) is 7. The van der Waals surface area contributed by atoms with E-state index < -0.39 is 6.09 Å². The number of carbonyl (C=O) groups excluding carboxylic acids is 2. The van der Waals surface area contributed by atoms with E-state index in [0.29, 0.717) is 51.0 Å². The van der Waals surface area contributed by atoms with Gasteiger partial charge in [0.1, 0.15) is 23.1 Å². The molecule has 27 heavy (non-hydrogen) atoms. The Labute approximate surface area is 157 Å². The summed E-state index contributed by atoms with van der Waals surface area (Å²) in [6.07, 6.45) is 1.10. The third-order valence-electron chi connectivity index (χ3n) is 4.29. The Morgan fingerprint density at radius 1 is 1.37 bits per heavy atom. The number of H-pyrrole nitrogens is 1. The molecule has 0 radical (unpaired) electrons. The van der Waals surface area contributed by atoms with Gasteiger partial charge in [0.15, 0.2) is 0 Å². The summed E-state index contributed by atoms with van der Waals surface area (Å²) in [7, 11) is 1.54. The zero-order chi connectivity index (χ0) is 19.1. The number of fused-ring (bicyclic) bond motifs is 1. The predicted molar refractivity (Wildman–Crippen MR) is 100 cm³/mol. The van der Waals surface area contributed by atoms with Gasteiger partial charge in [0.05, 0.1) is 16.8 Å². The minimum Gasteiger partial charge on any atom is -0.447 e. The fourth-order valence-electron chi connectivity index (χ4n) is 2.90. The summed E-state index contributed by atoms with van der Waals surface area (Å²) in [6.45, 7) is 2.51. The maximum Gasteiger partial charge on any atom is 0.415 e. The van der Waals surface area contributed by atoms with Crippen LogP contribution < -0.4 is 15.8 Å². The summed E-state index contributed by atoms with van der Waals surface area (Å²) in [5.74, 6) is 0.568. The number of nitrogens with one attached hydrogen (secondary N) is 2. The topological polar surface area (TPSA) is 117 Å². The number of aryl methyl sites for hydroxylation is 1. The van der Waals surface area contributed by atoms with Crippen LogP contribution in [0.3, 0.4) is 0 Å². The first-order valence-corrected chi connectivity index (χ1v) is 8.97. The molecule has 9 nitrogen and oxygen atoms in total. The van der Waals surface area contributed by atoms with Crippen molar-refractivity contribution in [1.29, 1.82) is 0 Å². The lowest BCUT2D eigenvalue weighted by atomic mass is 10.2. The average molecular weight is 385 g/mol. The summed E-state index contributed by atoms with van der Waals surface area (Å²) in [5, 5.41) is 2.97. The number of ether oxygens (including phenoxy) is 1. The van der Waals surface area contributed by atoms with E-state index >= 15 is 0 Å². The van der Waals surface area contributed by atoms with E-state index in [1.807, 2.05) is 0 Å². The van der Waals surface area contributed by atoms with Gasteiger partial charge in [0.25, 0.3) is 11.5 Å².